The summed E-state index contributed by atoms with van der Waals surface area (Å²) in [7, 11) is 0. The molecule has 1 saturated heterocycles. The Balaban J connectivity index is 1.35. The molecule has 1 unspecified atom stereocenters. The van der Waals surface area contributed by atoms with E-state index in [0.29, 0.717) is 43.7 Å². The second-order valence-electron chi connectivity index (χ2n) is 8.75. The number of carbonyl (C=O) groups is 1. The first-order chi connectivity index (χ1) is 15.4. The Morgan fingerprint density at radius 3 is 2.34 bits per heavy atom. The predicted octanol–water partition coefficient (Wildman–Crippen LogP) is 3.53. The van der Waals surface area contributed by atoms with Gasteiger partial charge in [0.15, 0.2) is 0 Å². The summed E-state index contributed by atoms with van der Waals surface area (Å²) in [4.78, 5) is 34.4. The Hall–Kier alpha value is -3.25. The molecule has 6 nitrogen and oxygen atoms in total. The number of likely N-dealkylation sites (tertiary alicyclic amines) is 1. The normalized spacial score (nSPS) is 16.5. The highest BCUT2D eigenvalue weighted by atomic mass is 16.3. The van der Waals surface area contributed by atoms with Gasteiger partial charge >= 0.3 is 0 Å². The number of amides is 1. The van der Waals surface area contributed by atoms with Crippen LogP contribution < -0.4 is 5.56 Å². The number of carbonyl (C=O) groups excluding carboxylic acids is 1. The molecule has 2 aromatic carbocycles. The van der Waals surface area contributed by atoms with Crippen molar-refractivity contribution in [2.24, 2.45) is 0 Å². The summed E-state index contributed by atoms with van der Waals surface area (Å²) in [6.07, 6.45) is 3.12. The molecule has 4 rings (SSSR count). The number of aliphatic hydroxyl groups is 1. The van der Waals surface area contributed by atoms with Crippen molar-refractivity contribution in [2.75, 3.05) is 13.1 Å². The van der Waals surface area contributed by atoms with Crippen LogP contribution in [0.25, 0.3) is 11.4 Å². The van der Waals surface area contributed by atoms with Gasteiger partial charge in [0, 0.05) is 43.3 Å². The van der Waals surface area contributed by atoms with E-state index in [1.165, 1.54) is 0 Å². The van der Waals surface area contributed by atoms with Crippen LogP contribution in [0.3, 0.4) is 0 Å². The highest BCUT2D eigenvalue weighted by Gasteiger charge is 2.35. The number of aromatic nitrogens is 2. The van der Waals surface area contributed by atoms with Gasteiger partial charge in [-0.1, -0.05) is 67.6 Å². The number of piperidine rings is 1. The zero-order chi connectivity index (χ0) is 22.6. The minimum absolute atomic E-state index is 0.107. The molecule has 0 spiro atoms. The van der Waals surface area contributed by atoms with Crippen molar-refractivity contribution in [3.63, 3.8) is 0 Å². The molecule has 1 atom stereocenters. The summed E-state index contributed by atoms with van der Waals surface area (Å²) in [6, 6.07) is 19.5. The lowest BCUT2D eigenvalue weighted by Gasteiger charge is -2.38. The Kier molecular flexibility index (Phi) is 6.51. The zero-order valence-electron chi connectivity index (χ0n) is 18.3. The van der Waals surface area contributed by atoms with Crippen molar-refractivity contribution in [1.29, 1.82) is 0 Å². The Morgan fingerprint density at radius 1 is 1.09 bits per heavy atom. The topological polar surface area (TPSA) is 86.3 Å². The molecule has 32 heavy (non-hydrogen) atoms. The fourth-order valence-electron chi connectivity index (χ4n) is 4.28. The van der Waals surface area contributed by atoms with Crippen LogP contribution in [-0.4, -0.2) is 44.6 Å². The van der Waals surface area contributed by atoms with E-state index in [4.69, 9.17) is 0 Å². The van der Waals surface area contributed by atoms with E-state index in [-0.39, 0.29) is 23.8 Å². The average Bonchev–Trinajstić information content (AvgIpc) is 2.82. The lowest BCUT2D eigenvalue weighted by Crippen LogP contribution is -2.48. The maximum Gasteiger partial charge on any atom is 0.254 e. The van der Waals surface area contributed by atoms with Crippen LogP contribution in [-0.2, 0) is 11.2 Å². The number of benzene rings is 2. The van der Waals surface area contributed by atoms with Crippen LogP contribution in [0.1, 0.15) is 43.2 Å². The first-order valence-electron chi connectivity index (χ1n) is 11.1. The van der Waals surface area contributed by atoms with E-state index in [0.717, 1.165) is 11.1 Å². The van der Waals surface area contributed by atoms with Gasteiger partial charge in [0.05, 0.1) is 5.60 Å². The van der Waals surface area contributed by atoms with Crippen molar-refractivity contribution < 1.29 is 9.90 Å². The number of hydrogen-bond acceptors (Lipinski definition) is 4. The van der Waals surface area contributed by atoms with Gasteiger partial charge in [0.1, 0.15) is 5.82 Å². The number of nitrogens with one attached hydrogen (secondary N) is 1. The summed E-state index contributed by atoms with van der Waals surface area (Å²) in [5, 5.41) is 11.1. The zero-order valence-corrected chi connectivity index (χ0v) is 18.3. The molecule has 0 radical (unpaired) electrons. The fraction of sp³-hybridized carbons (Fsp3) is 0.346. The molecule has 1 amide bonds. The highest BCUT2D eigenvalue weighted by molar-refractivity contribution is 5.77. The van der Waals surface area contributed by atoms with Crippen molar-refractivity contribution in [3.8, 4) is 11.4 Å². The molecular formula is C26H29N3O3. The summed E-state index contributed by atoms with van der Waals surface area (Å²) in [5.74, 6) is 0.770. The van der Waals surface area contributed by atoms with Crippen LogP contribution in [0.4, 0.5) is 0 Å². The number of rotatable bonds is 6. The molecule has 166 valence electrons. The largest absolute Gasteiger partial charge is 0.389 e. The molecule has 0 saturated carbocycles. The second-order valence-corrected chi connectivity index (χ2v) is 8.75. The van der Waals surface area contributed by atoms with Crippen molar-refractivity contribution >= 4 is 5.91 Å². The lowest BCUT2D eigenvalue weighted by molar-refractivity contribution is -0.135. The molecule has 1 fully saturated rings. The Bertz CT molecular complexity index is 1100. The van der Waals surface area contributed by atoms with E-state index in [9.17, 15) is 14.7 Å². The third-order valence-corrected chi connectivity index (χ3v) is 6.34. The average molecular weight is 432 g/mol. The van der Waals surface area contributed by atoms with Crippen molar-refractivity contribution in [3.05, 3.63) is 88.3 Å². The lowest BCUT2D eigenvalue weighted by atomic mass is 9.85. The molecule has 2 N–H and O–H groups in total. The molecule has 3 aromatic rings. The Labute approximate surface area is 188 Å². The number of hydrogen-bond donors (Lipinski definition) is 2. The maximum atomic E-state index is 12.8. The smallest absolute Gasteiger partial charge is 0.254 e. The fourth-order valence-corrected chi connectivity index (χ4v) is 4.28. The summed E-state index contributed by atoms with van der Waals surface area (Å²) in [5.41, 5.74) is 1.21. The second kappa shape index (κ2) is 9.49. The van der Waals surface area contributed by atoms with E-state index in [1.807, 2.05) is 65.6 Å². The summed E-state index contributed by atoms with van der Waals surface area (Å²) < 4.78 is 0. The molecule has 0 aliphatic carbocycles. The van der Waals surface area contributed by atoms with E-state index >= 15 is 0 Å². The molecule has 1 aliphatic rings. The monoisotopic (exact) mass is 431 g/mol. The van der Waals surface area contributed by atoms with Gasteiger partial charge in [0.2, 0.25) is 5.91 Å². The predicted molar refractivity (Wildman–Crippen MR) is 124 cm³/mol. The minimum Gasteiger partial charge on any atom is -0.389 e. The van der Waals surface area contributed by atoms with Crippen LogP contribution in [0.15, 0.2) is 71.7 Å². The quantitative estimate of drug-likeness (QED) is 0.625. The number of H-pyrrole nitrogens is 1. The van der Waals surface area contributed by atoms with Gasteiger partial charge in [-0.05, 0) is 24.3 Å². The van der Waals surface area contributed by atoms with Gasteiger partial charge in [-0.25, -0.2) is 4.98 Å². The van der Waals surface area contributed by atoms with Crippen molar-refractivity contribution in [1.82, 2.24) is 14.9 Å². The molecular weight excluding hydrogens is 402 g/mol. The maximum absolute atomic E-state index is 12.8. The van der Waals surface area contributed by atoms with Crippen LogP contribution in [0.2, 0.25) is 0 Å². The van der Waals surface area contributed by atoms with E-state index in [1.54, 1.807) is 6.20 Å². The van der Waals surface area contributed by atoms with E-state index in [2.05, 4.69) is 16.9 Å². The van der Waals surface area contributed by atoms with Gasteiger partial charge in [0.25, 0.3) is 5.56 Å². The molecule has 1 aromatic heterocycles. The third kappa shape index (κ3) is 5.14. The molecule has 6 heteroatoms. The Morgan fingerprint density at radius 2 is 1.72 bits per heavy atom. The standard InChI is InChI=1S/C26H29N3O3/c1-19(20-8-4-2-5-9-20)16-23(30)29-14-12-26(32,13-15-29)17-22-18-27-24(28-25(22)31)21-10-6-3-7-11-21/h2-11,18-19,32H,12-17H2,1H3,(H,27,28,31). The van der Waals surface area contributed by atoms with Gasteiger partial charge in [-0.15, -0.1) is 0 Å². The molecule has 2 heterocycles. The van der Waals surface area contributed by atoms with E-state index < -0.39 is 5.60 Å². The van der Waals surface area contributed by atoms with Crippen molar-refractivity contribution in [2.45, 2.75) is 44.1 Å². The highest BCUT2D eigenvalue weighted by Crippen LogP contribution is 2.27. The number of nitrogens with zero attached hydrogens (tertiary/aromatic N) is 2. The first-order valence-corrected chi connectivity index (χ1v) is 11.1. The van der Waals surface area contributed by atoms with Crippen LogP contribution in [0.5, 0.6) is 0 Å². The molecule has 1 aliphatic heterocycles. The first kappa shape index (κ1) is 22.0. The van der Waals surface area contributed by atoms with Crippen LogP contribution >= 0.6 is 0 Å². The van der Waals surface area contributed by atoms with Crippen LogP contribution in [0, 0.1) is 0 Å². The summed E-state index contributed by atoms with van der Waals surface area (Å²) >= 11 is 0. The SMILES string of the molecule is CC(CC(=O)N1CCC(O)(Cc2cnc(-c3ccccc3)[nH]c2=O)CC1)c1ccccc1. The van der Waals surface area contributed by atoms with Gasteiger partial charge in [-0.3, -0.25) is 9.59 Å². The minimum atomic E-state index is -1.01. The summed E-state index contributed by atoms with van der Waals surface area (Å²) in [6.45, 7) is 3.04. The third-order valence-electron chi connectivity index (χ3n) is 6.34. The van der Waals surface area contributed by atoms with Gasteiger partial charge < -0.3 is 15.0 Å². The number of aromatic amines is 1. The molecule has 0 bridgehead atoms. The van der Waals surface area contributed by atoms with Gasteiger partial charge in [-0.2, -0.15) is 0 Å².